The Hall–Kier alpha value is -1.10. The van der Waals surface area contributed by atoms with Gasteiger partial charge in [0, 0.05) is 23.2 Å². The van der Waals surface area contributed by atoms with Crippen LogP contribution in [0.3, 0.4) is 0 Å². The van der Waals surface area contributed by atoms with Crippen LogP contribution in [0.2, 0.25) is 5.02 Å². The molecule has 19 heavy (non-hydrogen) atoms. The number of rotatable bonds is 4. The maximum Gasteiger partial charge on any atom is 0.122 e. The molecule has 1 heterocycles. The Morgan fingerprint density at radius 1 is 1.47 bits per heavy atom. The van der Waals surface area contributed by atoms with Gasteiger partial charge in [0.2, 0.25) is 0 Å². The Bertz CT molecular complexity index is 464. The fraction of sp³-hybridized carbons (Fsp3) is 0.500. The Balaban J connectivity index is 2.11. The summed E-state index contributed by atoms with van der Waals surface area (Å²) < 4.78 is 0. The summed E-state index contributed by atoms with van der Waals surface area (Å²) in [5.74, 6) is 0.0275. The molecule has 4 nitrogen and oxygen atoms in total. The number of nitrogens with one attached hydrogen (secondary N) is 1. The zero-order chi connectivity index (χ0) is 13.8. The number of nitrogen functional groups attached to an aromatic ring is 1. The molecule has 1 fully saturated rings. The van der Waals surface area contributed by atoms with Crippen molar-refractivity contribution in [3.63, 3.8) is 0 Å². The highest BCUT2D eigenvalue weighted by molar-refractivity contribution is 6.31. The Morgan fingerprint density at radius 3 is 2.89 bits per heavy atom. The van der Waals surface area contributed by atoms with Crippen LogP contribution in [0.25, 0.3) is 0 Å². The lowest BCUT2D eigenvalue weighted by Gasteiger charge is -2.34. The van der Waals surface area contributed by atoms with E-state index in [2.05, 4.69) is 4.90 Å². The summed E-state index contributed by atoms with van der Waals surface area (Å²) in [5, 5.41) is 17.4. The van der Waals surface area contributed by atoms with E-state index in [1.807, 2.05) is 12.1 Å². The van der Waals surface area contributed by atoms with Gasteiger partial charge in [-0.2, -0.15) is 0 Å². The topological polar surface area (TPSA) is 73.3 Å². The first-order chi connectivity index (χ1) is 9.11. The van der Waals surface area contributed by atoms with Crippen molar-refractivity contribution >= 4 is 17.4 Å². The SMILES string of the molecule is N=C(N)c1ccc(CN2CCCCC2CO)c(Cl)c1. The fourth-order valence-electron chi connectivity index (χ4n) is 2.54. The highest BCUT2D eigenvalue weighted by Gasteiger charge is 2.22. The number of likely N-dealkylation sites (tertiary alicyclic amines) is 1. The molecule has 0 bridgehead atoms. The molecule has 1 aromatic rings. The summed E-state index contributed by atoms with van der Waals surface area (Å²) in [6.07, 6.45) is 3.39. The van der Waals surface area contributed by atoms with Crippen LogP contribution >= 0.6 is 11.6 Å². The van der Waals surface area contributed by atoms with E-state index in [9.17, 15) is 5.11 Å². The van der Waals surface area contributed by atoms with Gasteiger partial charge in [-0.05, 0) is 31.0 Å². The minimum atomic E-state index is 0.0275. The molecule has 0 aromatic heterocycles. The molecular formula is C14H20ClN3O. The molecule has 104 valence electrons. The van der Waals surface area contributed by atoms with Crippen LogP contribution in [0.5, 0.6) is 0 Å². The number of hydrogen-bond donors (Lipinski definition) is 3. The van der Waals surface area contributed by atoms with Crippen LogP contribution in [-0.4, -0.2) is 35.0 Å². The van der Waals surface area contributed by atoms with Gasteiger partial charge in [-0.3, -0.25) is 10.3 Å². The van der Waals surface area contributed by atoms with Gasteiger partial charge in [-0.25, -0.2) is 0 Å². The van der Waals surface area contributed by atoms with Gasteiger partial charge in [0.25, 0.3) is 0 Å². The van der Waals surface area contributed by atoms with Gasteiger partial charge < -0.3 is 10.8 Å². The molecule has 0 aliphatic carbocycles. The molecule has 1 atom stereocenters. The van der Waals surface area contributed by atoms with Crippen LogP contribution in [0.15, 0.2) is 18.2 Å². The number of amidine groups is 1. The van der Waals surface area contributed by atoms with E-state index in [-0.39, 0.29) is 18.5 Å². The molecule has 1 aliphatic rings. The second-order valence-electron chi connectivity index (χ2n) is 5.02. The molecule has 5 heteroatoms. The third-order valence-electron chi connectivity index (χ3n) is 3.70. The van der Waals surface area contributed by atoms with Crippen molar-refractivity contribution in [3.05, 3.63) is 34.3 Å². The number of aliphatic hydroxyl groups is 1. The first-order valence-corrected chi connectivity index (χ1v) is 6.97. The zero-order valence-electron chi connectivity index (χ0n) is 10.9. The summed E-state index contributed by atoms with van der Waals surface area (Å²) in [6.45, 7) is 1.93. The zero-order valence-corrected chi connectivity index (χ0v) is 11.7. The normalized spacial score (nSPS) is 20.4. The predicted molar refractivity (Wildman–Crippen MR) is 77.6 cm³/mol. The second kappa shape index (κ2) is 6.37. The molecule has 4 N–H and O–H groups in total. The number of piperidine rings is 1. The molecule has 0 spiro atoms. The number of benzene rings is 1. The van der Waals surface area contributed by atoms with E-state index in [1.165, 1.54) is 12.8 Å². The fourth-order valence-corrected chi connectivity index (χ4v) is 2.78. The lowest BCUT2D eigenvalue weighted by Crippen LogP contribution is -2.41. The Kier molecular flexibility index (Phi) is 4.80. The molecule has 0 saturated carbocycles. The highest BCUT2D eigenvalue weighted by Crippen LogP contribution is 2.24. The standard InChI is InChI=1S/C14H20ClN3O/c15-13-7-10(14(16)17)4-5-11(13)8-18-6-2-1-3-12(18)9-19/h4-5,7,12,19H,1-3,6,8-9H2,(H3,16,17). The largest absolute Gasteiger partial charge is 0.395 e. The molecule has 1 aliphatic heterocycles. The molecule has 1 aromatic carbocycles. The molecule has 0 radical (unpaired) electrons. The predicted octanol–water partition coefficient (Wildman–Crippen LogP) is 1.97. The molecule has 1 saturated heterocycles. The van der Waals surface area contributed by atoms with Gasteiger partial charge in [0.05, 0.1) is 6.61 Å². The van der Waals surface area contributed by atoms with Gasteiger partial charge in [0.1, 0.15) is 5.84 Å². The summed E-state index contributed by atoms with van der Waals surface area (Å²) in [5.41, 5.74) is 7.11. The lowest BCUT2D eigenvalue weighted by atomic mass is 10.0. The summed E-state index contributed by atoms with van der Waals surface area (Å²) in [7, 11) is 0. The maximum atomic E-state index is 9.41. The Labute approximate surface area is 118 Å². The maximum absolute atomic E-state index is 9.41. The van der Waals surface area contributed by atoms with E-state index >= 15 is 0 Å². The van der Waals surface area contributed by atoms with E-state index in [1.54, 1.807) is 6.07 Å². The average molecular weight is 282 g/mol. The van der Waals surface area contributed by atoms with Crippen LogP contribution in [0, 0.1) is 5.41 Å². The summed E-state index contributed by atoms with van der Waals surface area (Å²) in [6, 6.07) is 5.71. The third kappa shape index (κ3) is 3.47. The van der Waals surface area contributed by atoms with Crippen LogP contribution < -0.4 is 5.73 Å². The van der Waals surface area contributed by atoms with Crippen molar-refractivity contribution in [1.82, 2.24) is 4.90 Å². The van der Waals surface area contributed by atoms with E-state index in [0.29, 0.717) is 10.6 Å². The highest BCUT2D eigenvalue weighted by atomic mass is 35.5. The second-order valence-corrected chi connectivity index (χ2v) is 5.43. The van der Waals surface area contributed by atoms with Crippen molar-refractivity contribution in [2.45, 2.75) is 31.8 Å². The summed E-state index contributed by atoms with van der Waals surface area (Å²) in [4.78, 5) is 2.28. The Morgan fingerprint density at radius 2 is 2.26 bits per heavy atom. The number of halogens is 1. The van der Waals surface area contributed by atoms with E-state index in [0.717, 1.165) is 25.1 Å². The number of nitrogens with zero attached hydrogens (tertiary/aromatic N) is 1. The smallest absolute Gasteiger partial charge is 0.122 e. The van der Waals surface area contributed by atoms with Crippen molar-refractivity contribution in [3.8, 4) is 0 Å². The molecule has 1 unspecified atom stereocenters. The number of aliphatic hydroxyl groups excluding tert-OH is 1. The van der Waals surface area contributed by atoms with Gasteiger partial charge >= 0.3 is 0 Å². The number of nitrogens with two attached hydrogens (primary N) is 1. The minimum Gasteiger partial charge on any atom is -0.395 e. The van der Waals surface area contributed by atoms with Crippen molar-refractivity contribution < 1.29 is 5.11 Å². The van der Waals surface area contributed by atoms with Crippen molar-refractivity contribution in [2.75, 3.05) is 13.2 Å². The minimum absolute atomic E-state index is 0.0275. The van der Waals surface area contributed by atoms with E-state index in [4.69, 9.17) is 22.7 Å². The van der Waals surface area contributed by atoms with Gasteiger partial charge in [-0.1, -0.05) is 30.2 Å². The molecular weight excluding hydrogens is 262 g/mol. The first-order valence-electron chi connectivity index (χ1n) is 6.59. The van der Waals surface area contributed by atoms with Crippen LogP contribution in [0.4, 0.5) is 0 Å². The number of hydrogen-bond acceptors (Lipinski definition) is 3. The van der Waals surface area contributed by atoms with Crippen molar-refractivity contribution in [2.24, 2.45) is 5.73 Å². The quantitative estimate of drug-likeness (QED) is 0.584. The lowest BCUT2D eigenvalue weighted by molar-refractivity contribution is 0.0841. The monoisotopic (exact) mass is 281 g/mol. The third-order valence-corrected chi connectivity index (χ3v) is 4.05. The van der Waals surface area contributed by atoms with Gasteiger partial charge in [0.15, 0.2) is 0 Å². The summed E-state index contributed by atoms with van der Waals surface area (Å²) >= 11 is 6.24. The van der Waals surface area contributed by atoms with Crippen molar-refractivity contribution in [1.29, 1.82) is 5.41 Å². The van der Waals surface area contributed by atoms with Crippen LogP contribution in [-0.2, 0) is 6.54 Å². The van der Waals surface area contributed by atoms with E-state index < -0.39 is 0 Å². The molecule has 2 rings (SSSR count). The first kappa shape index (κ1) is 14.3. The van der Waals surface area contributed by atoms with Crippen LogP contribution in [0.1, 0.15) is 30.4 Å². The molecule has 0 amide bonds. The average Bonchev–Trinajstić information content (AvgIpc) is 2.41. The van der Waals surface area contributed by atoms with Gasteiger partial charge in [-0.15, -0.1) is 0 Å².